The number of pyridine rings is 2. The van der Waals surface area contributed by atoms with Gasteiger partial charge in [0, 0.05) is 25.5 Å². The van der Waals surface area contributed by atoms with Crippen LogP contribution in [0.1, 0.15) is 63.9 Å². The molecule has 0 radical (unpaired) electrons. The molecule has 3 aromatic rings. The third-order valence-corrected chi connectivity index (χ3v) is 6.53. The fourth-order valence-electron chi connectivity index (χ4n) is 4.83. The van der Waals surface area contributed by atoms with Crippen molar-refractivity contribution in [2.24, 2.45) is 5.92 Å². The predicted molar refractivity (Wildman–Crippen MR) is 160 cm³/mol. The second kappa shape index (κ2) is 12.4. The molecule has 0 saturated carbocycles. The molecule has 4 rings (SSSR count). The first-order chi connectivity index (χ1) is 20.8. The molecule has 2 atom stereocenters. The smallest absolute Gasteiger partial charge is 0.414 e. The molecular formula is C30H37F3N6O6. The highest BCUT2D eigenvalue weighted by Crippen LogP contribution is 2.38. The van der Waals surface area contributed by atoms with Gasteiger partial charge in [0.15, 0.2) is 5.58 Å². The van der Waals surface area contributed by atoms with Gasteiger partial charge in [-0.25, -0.2) is 9.59 Å². The van der Waals surface area contributed by atoms with Crippen LogP contribution < -0.4 is 20.9 Å². The summed E-state index contributed by atoms with van der Waals surface area (Å²) in [7, 11) is 0. The van der Waals surface area contributed by atoms with Crippen LogP contribution in [-0.2, 0) is 9.47 Å². The predicted octanol–water partition coefficient (Wildman–Crippen LogP) is 6.41. The molecule has 1 fully saturated rings. The van der Waals surface area contributed by atoms with Crippen molar-refractivity contribution >= 4 is 46.5 Å². The zero-order chi connectivity index (χ0) is 33.3. The maximum absolute atomic E-state index is 14.0. The number of halogens is 3. The first-order valence-electron chi connectivity index (χ1n) is 14.2. The number of carbonyl (C=O) groups excluding carboxylic acids is 3. The average Bonchev–Trinajstić information content (AvgIpc) is 3.22. The normalized spacial score (nSPS) is 17.5. The van der Waals surface area contributed by atoms with E-state index < -0.39 is 54.0 Å². The van der Waals surface area contributed by atoms with Gasteiger partial charge in [-0.05, 0) is 72.6 Å². The summed E-state index contributed by atoms with van der Waals surface area (Å²) in [4.78, 5) is 48.5. The molecule has 45 heavy (non-hydrogen) atoms. The molecule has 3 amide bonds. The number of fused-ring (bicyclic) bond motifs is 1. The zero-order valence-electron chi connectivity index (χ0n) is 26.1. The molecule has 0 aromatic carbocycles. The molecule has 0 aliphatic carbocycles. The van der Waals surface area contributed by atoms with Crippen LogP contribution in [0.25, 0.3) is 11.1 Å². The summed E-state index contributed by atoms with van der Waals surface area (Å²) in [6.07, 6.45) is -2.41. The third-order valence-electron chi connectivity index (χ3n) is 6.53. The number of carbonyl (C=O) groups is 3. The summed E-state index contributed by atoms with van der Waals surface area (Å²) in [5, 5.41) is 7.69. The van der Waals surface area contributed by atoms with Crippen LogP contribution in [0.3, 0.4) is 0 Å². The van der Waals surface area contributed by atoms with E-state index in [0.29, 0.717) is 0 Å². The maximum Gasteiger partial charge on any atom is 0.414 e. The lowest BCUT2D eigenvalue weighted by Crippen LogP contribution is -2.54. The molecule has 1 aliphatic heterocycles. The number of piperidine rings is 1. The van der Waals surface area contributed by atoms with E-state index in [0.717, 1.165) is 5.56 Å². The first kappa shape index (κ1) is 33.3. The van der Waals surface area contributed by atoms with Gasteiger partial charge in [0.2, 0.25) is 5.88 Å². The maximum atomic E-state index is 14.0. The van der Waals surface area contributed by atoms with Crippen molar-refractivity contribution in [3.63, 3.8) is 0 Å². The number of anilines is 3. The Kier molecular flexibility index (Phi) is 9.22. The number of ether oxygens (including phenoxy) is 2. The van der Waals surface area contributed by atoms with Crippen molar-refractivity contribution in [2.75, 3.05) is 28.6 Å². The minimum atomic E-state index is -4.55. The number of alkyl carbamates (subject to hydrolysis) is 1. The Hall–Kier alpha value is -4.56. The molecule has 3 N–H and O–H groups in total. The molecule has 0 bridgehead atoms. The van der Waals surface area contributed by atoms with Crippen LogP contribution >= 0.6 is 0 Å². The van der Waals surface area contributed by atoms with Crippen LogP contribution in [-0.4, -0.2) is 64.6 Å². The zero-order valence-corrected chi connectivity index (χ0v) is 26.1. The van der Waals surface area contributed by atoms with E-state index in [2.05, 4.69) is 25.9 Å². The quantitative estimate of drug-likeness (QED) is 0.289. The molecule has 15 heteroatoms. The lowest BCUT2D eigenvalue weighted by Gasteiger charge is -2.40. The lowest BCUT2D eigenvalue weighted by molar-refractivity contribution is -0.177. The largest absolute Gasteiger partial charge is 0.444 e. The summed E-state index contributed by atoms with van der Waals surface area (Å²) in [6, 6.07) is 2.19. The second-order valence-corrected chi connectivity index (χ2v) is 12.9. The van der Waals surface area contributed by atoms with E-state index in [1.165, 1.54) is 29.6 Å². The lowest BCUT2D eigenvalue weighted by atomic mass is 9.93. The number of furan rings is 1. The number of aryl methyl sites for hydroxylation is 1. The monoisotopic (exact) mass is 634 g/mol. The van der Waals surface area contributed by atoms with E-state index >= 15 is 0 Å². The van der Waals surface area contributed by atoms with E-state index in [9.17, 15) is 27.6 Å². The molecule has 4 heterocycles. The highest BCUT2D eigenvalue weighted by Gasteiger charge is 2.45. The van der Waals surface area contributed by atoms with Gasteiger partial charge in [-0.2, -0.15) is 13.2 Å². The fraction of sp³-hybridized carbons (Fsp3) is 0.500. The molecule has 1 aliphatic rings. The van der Waals surface area contributed by atoms with Crippen molar-refractivity contribution in [3.8, 4) is 0 Å². The van der Waals surface area contributed by atoms with Gasteiger partial charge in [-0.15, -0.1) is 0 Å². The Morgan fingerprint density at radius 3 is 2.29 bits per heavy atom. The van der Waals surface area contributed by atoms with Crippen molar-refractivity contribution in [1.29, 1.82) is 0 Å². The van der Waals surface area contributed by atoms with Crippen LogP contribution in [0, 0.1) is 12.8 Å². The van der Waals surface area contributed by atoms with Crippen LogP contribution in [0.4, 0.5) is 40.0 Å². The average molecular weight is 635 g/mol. The highest BCUT2D eigenvalue weighted by molar-refractivity contribution is 6.16. The number of aromatic nitrogens is 2. The number of alkyl halides is 3. The number of nitrogens with zero attached hydrogens (tertiary/aromatic N) is 3. The third kappa shape index (κ3) is 8.76. The van der Waals surface area contributed by atoms with Gasteiger partial charge >= 0.3 is 18.4 Å². The van der Waals surface area contributed by atoms with Crippen LogP contribution in [0.15, 0.2) is 35.1 Å². The first-order valence-corrected chi connectivity index (χ1v) is 14.2. The summed E-state index contributed by atoms with van der Waals surface area (Å²) in [5.41, 5.74) is -0.373. The Morgan fingerprint density at radius 1 is 0.978 bits per heavy atom. The van der Waals surface area contributed by atoms with E-state index in [-0.39, 0.29) is 46.9 Å². The molecular weight excluding hydrogens is 597 g/mol. The summed E-state index contributed by atoms with van der Waals surface area (Å²) < 4.78 is 58.4. The number of hydrogen-bond acceptors (Lipinski definition) is 9. The summed E-state index contributed by atoms with van der Waals surface area (Å²) in [5.74, 6) is -2.77. The van der Waals surface area contributed by atoms with Gasteiger partial charge in [0.05, 0.1) is 29.5 Å². The van der Waals surface area contributed by atoms with Gasteiger partial charge < -0.3 is 29.4 Å². The van der Waals surface area contributed by atoms with Crippen LogP contribution in [0.5, 0.6) is 0 Å². The van der Waals surface area contributed by atoms with Gasteiger partial charge in [0.1, 0.15) is 22.3 Å². The van der Waals surface area contributed by atoms with Crippen molar-refractivity contribution in [3.05, 3.63) is 41.9 Å². The van der Waals surface area contributed by atoms with Crippen LogP contribution in [0.2, 0.25) is 0 Å². The molecule has 0 spiro atoms. The van der Waals surface area contributed by atoms with Crippen molar-refractivity contribution in [2.45, 2.75) is 78.3 Å². The summed E-state index contributed by atoms with van der Waals surface area (Å²) in [6.45, 7) is 11.3. The standard InChI is InChI=1S/C30H37F3N6O6/c1-16-10-21-23(35-12-16)22(25(43-21)38-27(42)45-29(5,6)7)24(40)37-19-13-34-9-8-20(19)39-14-17(30(31,32)33)11-18(15-39)36-26(41)44-28(2,3)4/h8-10,12-13,17-18H,11,14-15H2,1-7H3,(H,36,41)(H,37,40)(H,38,42)/t17-,18?/m1/s1. The molecule has 3 aromatic heterocycles. The minimum Gasteiger partial charge on any atom is -0.444 e. The van der Waals surface area contributed by atoms with E-state index in [1.807, 2.05) is 0 Å². The van der Waals surface area contributed by atoms with Gasteiger partial charge in [0.25, 0.3) is 5.91 Å². The highest BCUT2D eigenvalue weighted by atomic mass is 19.4. The second-order valence-electron chi connectivity index (χ2n) is 12.9. The van der Waals surface area contributed by atoms with E-state index in [1.54, 1.807) is 54.5 Å². The van der Waals surface area contributed by atoms with Gasteiger partial charge in [-0.3, -0.25) is 20.1 Å². The topological polar surface area (TPSA) is 148 Å². The number of nitrogens with one attached hydrogen (secondary N) is 3. The molecule has 244 valence electrons. The molecule has 12 nitrogen and oxygen atoms in total. The molecule has 1 unspecified atom stereocenters. The Morgan fingerprint density at radius 2 is 1.64 bits per heavy atom. The Labute approximate surface area is 258 Å². The number of amides is 3. The number of rotatable bonds is 5. The summed E-state index contributed by atoms with van der Waals surface area (Å²) >= 11 is 0. The van der Waals surface area contributed by atoms with Gasteiger partial charge in [-0.1, -0.05) is 0 Å². The SMILES string of the molecule is Cc1cnc2c(C(=O)Nc3cnccc3N3CC(NC(=O)OC(C)(C)C)C[C@@H](C(F)(F)F)C3)c(NC(=O)OC(C)(C)C)oc2c1. The fourth-order valence-corrected chi connectivity index (χ4v) is 4.83. The number of hydrogen-bond donors (Lipinski definition) is 3. The molecule has 1 saturated heterocycles. The minimum absolute atomic E-state index is 0.000368. The van der Waals surface area contributed by atoms with Crippen molar-refractivity contribution in [1.82, 2.24) is 15.3 Å². The Bertz CT molecular complexity index is 1580. The van der Waals surface area contributed by atoms with E-state index in [4.69, 9.17) is 13.9 Å². The Balaban J connectivity index is 1.65. The van der Waals surface area contributed by atoms with Crippen molar-refractivity contribution < 1.29 is 41.4 Å².